The largest absolute Gasteiger partial charge is 0.314 e. The van der Waals surface area contributed by atoms with Crippen molar-refractivity contribution in [2.45, 2.75) is 18.5 Å². The van der Waals surface area contributed by atoms with Gasteiger partial charge in [-0.2, -0.15) is 0 Å². The number of nitrogens with one attached hydrogen (secondary N) is 2. The zero-order chi connectivity index (χ0) is 15.2. The molecule has 2 aliphatic rings. The Morgan fingerprint density at radius 3 is 2.81 bits per heavy atom. The smallest absolute Gasteiger partial charge is 0.184 e. The van der Waals surface area contributed by atoms with Crippen LogP contribution in [0.25, 0.3) is 5.57 Å². The first-order valence-corrected chi connectivity index (χ1v) is 9.51. The minimum absolute atomic E-state index is 0.0709. The van der Waals surface area contributed by atoms with Gasteiger partial charge in [0, 0.05) is 10.9 Å². The fraction of sp³-hybridized carbons (Fsp3) is 0.385. The lowest BCUT2D eigenvalue weighted by Gasteiger charge is -2.17. The summed E-state index contributed by atoms with van der Waals surface area (Å²) >= 11 is 7.38. The predicted octanol–water partition coefficient (Wildman–Crippen LogP) is 1.52. The molecule has 4 N–H and O–H groups in total. The number of fused-ring (bicyclic) bond motifs is 1. The van der Waals surface area contributed by atoms with E-state index >= 15 is 0 Å². The van der Waals surface area contributed by atoms with E-state index in [0.717, 1.165) is 11.1 Å². The summed E-state index contributed by atoms with van der Waals surface area (Å²) in [6.07, 6.45) is -0.332. The van der Waals surface area contributed by atoms with Crippen molar-refractivity contribution in [2.24, 2.45) is 11.7 Å². The van der Waals surface area contributed by atoms with Crippen molar-refractivity contribution in [3.8, 4) is 0 Å². The predicted molar refractivity (Wildman–Crippen MR) is 86.9 cm³/mol. The lowest BCUT2D eigenvalue weighted by atomic mass is 9.92. The maximum atomic E-state index is 12.4. The molecule has 1 saturated heterocycles. The lowest BCUT2D eigenvalue weighted by Crippen LogP contribution is -2.39. The molecule has 1 aromatic carbocycles. The summed E-state index contributed by atoms with van der Waals surface area (Å²) in [5.41, 5.74) is 13.7. The van der Waals surface area contributed by atoms with Crippen LogP contribution in [0, 0.1) is 5.92 Å². The molecule has 5 nitrogen and oxygen atoms in total. The molecule has 1 aromatic rings. The summed E-state index contributed by atoms with van der Waals surface area (Å²) < 4.78 is 25.2. The molecule has 0 spiro atoms. The number of benzene rings is 1. The highest BCUT2D eigenvalue weighted by Crippen LogP contribution is 2.50. The van der Waals surface area contributed by atoms with E-state index in [1.807, 2.05) is 12.1 Å². The number of hydrogen-bond acceptors (Lipinski definition) is 6. The van der Waals surface area contributed by atoms with Gasteiger partial charge in [-0.3, -0.25) is 0 Å². The zero-order valence-corrected chi connectivity index (χ0v) is 13.7. The van der Waals surface area contributed by atoms with Gasteiger partial charge in [0.1, 0.15) is 4.24 Å². The number of nitrogens with two attached hydrogens (primary N) is 1. The average Bonchev–Trinajstić information content (AvgIpc) is 3.00. The van der Waals surface area contributed by atoms with Crippen LogP contribution < -0.4 is 16.6 Å². The third kappa shape index (κ3) is 2.62. The molecule has 0 bridgehead atoms. The van der Waals surface area contributed by atoms with Gasteiger partial charge in [-0.05, 0) is 23.3 Å². The number of hydrogen-bond donors (Lipinski definition) is 3. The highest BCUT2D eigenvalue weighted by atomic mass is 35.5. The van der Waals surface area contributed by atoms with Gasteiger partial charge in [-0.1, -0.05) is 42.4 Å². The van der Waals surface area contributed by atoms with E-state index in [-0.39, 0.29) is 23.2 Å². The average molecular weight is 346 g/mol. The first-order chi connectivity index (χ1) is 9.94. The Bertz CT molecular complexity index is 705. The first kappa shape index (κ1) is 15.3. The Balaban J connectivity index is 2.19. The molecule has 1 fully saturated rings. The molecule has 21 heavy (non-hydrogen) atoms. The molecular weight excluding hydrogens is 330 g/mol. The van der Waals surface area contributed by atoms with Crippen LogP contribution in [0.2, 0.25) is 5.02 Å². The Morgan fingerprint density at radius 1 is 1.38 bits per heavy atom. The molecule has 3 unspecified atom stereocenters. The normalized spacial score (nSPS) is 29.0. The summed E-state index contributed by atoms with van der Waals surface area (Å²) in [5, 5.41) is 0.500. The van der Waals surface area contributed by atoms with Gasteiger partial charge in [0.15, 0.2) is 9.84 Å². The minimum Gasteiger partial charge on any atom is -0.314 e. The zero-order valence-electron chi connectivity index (χ0n) is 11.3. The topological polar surface area (TPSA) is 84.2 Å². The molecule has 8 heteroatoms. The number of rotatable bonds is 3. The standard InChI is InChI=1S/C13H16ClN3O2S2/c1-2-21(18,19)13-9(7-4-3-5-8(14)6-7)10-11(15)16-17-12(10)20-13/h3-6,10-12,16-17H,2,15H2,1H3. The first-order valence-electron chi connectivity index (χ1n) is 6.60. The van der Waals surface area contributed by atoms with Crippen molar-refractivity contribution in [3.05, 3.63) is 39.1 Å². The third-order valence-electron chi connectivity index (χ3n) is 3.69. The van der Waals surface area contributed by atoms with Crippen molar-refractivity contribution in [1.82, 2.24) is 10.9 Å². The van der Waals surface area contributed by atoms with Gasteiger partial charge >= 0.3 is 0 Å². The van der Waals surface area contributed by atoms with E-state index in [1.54, 1.807) is 19.1 Å². The molecule has 0 aliphatic carbocycles. The molecule has 0 radical (unpaired) electrons. The molecule has 2 heterocycles. The highest BCUT2D eigenvalue weighted by molar-refractivity contribution is 8.19. The monoisotopic (exact) mass is 345 g/mol. The molecule has 114 valence electrons. The van der Waals surface area contributed by atoms with E-state index < -0.39 is 9.84 Å². The minimum atomic E-state index is -3.30. The second-order valence-electron chi connectivity index (χ2n) is 4.99. The summed E-state index contributed by atoms with van der Waals surface area (Å²) in [4.78, 5) is 0. The van der Waals surface area contributed by atoms with E-state index in [4.69, 9.17) is 17.3 Å². The summed E-state index contributed by atoms with van der Waals surface area (Å²) in [6.45, 7) is 1.65. The number of sulfone groups is 1. The van der Waals surface area contributed by atoms with E-state index in [9.17, 15) is 8.42 Å². The maximum Gasteiger partial charge on any atom is 0.184 e. The summed E-state index contributed by atoms with van der Waals surface area (Å²) in [7, 11) is -3.30. The van der Waals surface area contributed by atoms with Crippen LogP contribution in [0.4, 0.5) is 0 Å². The summed E-state index contributed by atoms with van der Waals surface area (Å²) in [6, 6.07) is 7.25. The Kier molecular flexibility index (Phi) is 4.06. The van der Waals surface area contributed by atoms with E-state index in [1.165, 1.54) is 11.8 Å². The molecule has 2 aliphatic heterocycles. The molecule has 0 saturated carbocycles. The van der Waals surface area contributed by atoms with Crippen LogP contribution in [-0.4, -0.2) is 25.7 Å². The quantitative estimate of drug-likeness (QED) is 0.770. The molecule has 0 amide bonds. The molecule has 0 aromatic heterocycles. The van der Waals surface area contributed by atoms with Crippen LogP contribution in [0.15, 0.2) is 28.5 Å². The Morgan fingerprint density at radius 2 is 2.14 bits per heavy atom. The highest BCUT2D eigenvalue weighted by Gasteiger charge is 2.47. The summed E-state index contributed by atoms with van der Waals surface area (Å²) in [5.74, 6) is -0.0357. The van der Waals surface area contributed by atoms with Gasteiger partial charge in [0.25, 0.3) is 0 Å². The fourth-order valence-corrected chi connectivity index (χ4v) is 6.12. The van der Waals surface area contributed by atoms with E-state index in [2.05, 4.69) is 10.9 Å². The van der Waals surface area contributed by atoms with Crippen LogP contribution >= 0.6 is 23.4 Å². The third-order valence-corrected chi connectivity index (χ3v) is 7.62. The van der Waals surface area contributed by atoms with Crippen molar-refractivity contribution < 1.29 is 8.42 Å². The lowest BCUT2D eigenvalue weighted by molar-refractivity contribution is 0.539. The molecular formula is C13H16ClN3O2S2. The van der Waals surface area contributed by atoms with Gasteiger partial charge < -0.3 is 5.73 Å². The molecule has 3 rings (SSSR count). The number of thioether (sulfide) groups is 1. The van der Waals surface area contributed by atoms with Gasteiger partial charge in [-0.25, -0.2) is 19.3 Å². The van der Waals surface area contributed by atoms with Crippen LogP contribution in [0.1, 0.15) is 12.5 Å². The van der Waals surface area contributed by atoms with Crippen molar-refractivity contribution >= 4 is 38.8 Å². The molecule has 3 atom stereocenters. The SMILES string of the molecule is CCS(=O)(=O)C1=C(c2cccc(Cl)c2)C2C(N)NNC2S1. The number of hydrazine groups is 1. The Hall–Kier alpha value is -0.570. The van der Waals surface area contributed by atoms with Crippen LogP contribution in [-0.2, 0) is 9.84 Å². The fourth-order valence-electron chi connectivity index (χ4n) is 2.63. The van der Waals surface area contributed by atoms with Crippen molar-refractivity contribution in [3.63, 3.8) is 0 Å². The number of halogens is 1. The van der Waals surface area contributed by atoms with Gasteiger partial charge in [0.05, 0.1) is 17.3 Å². The second kappa shape index (κ2) is 5.57. The second-order valence-corrected chi connectivity index (χ2v) is 9.06. The Labute approximate surface area is 133 Å². The maximum absolute atomic E-state index is 12.4. The van der Waals surface area contributed by atoms with Gasteiger partial charge in [0.2, 0.25) is 0 Å². The van der Waals surface area contributed by atoms with E-state index in [0.29, 0.717) is 9.26 Å². The van der Waals surface area contributed by atoms with Crippen molar-refractivity contribution in [1.29, 1.82) is 0 Å². The van der Waals surface area contributed by atoms with Crippen molar-refractivity contribution in [2.75, 3.05) is 5.75 Å². The van der Waals surface area contributed by atoms with Gasteiger partial charge in [-0.15, -0.1) is 0 Å². The van der Waals surface area contributed by atoms with Crippen LogP contribution in [0.3, 0.4) is 0 Å². The van der Waals surface area contributed by atoms with Crippen LogP contribution in [0.5, 0.6) is 0 Å².